The average Bonchev–Trinajstić information content (AvgIpc) is 2.79. The van der Waals surface area contributed by atoms with Gasteiger partial charge < -0.3 is 9.80 Å². The first-order chi connectivity index (χ1) is 10.9. The van der Waals surface area contributed by atoms with Crippen molar-refractivity contribution in [1.29, 1.82) is 0 Å². The van der Waals surface area contributed by atoms with Crippen LogP contribution in [0.4, 0.5) is 0 Å². The molecule has 3 rings (SSSR count). The van der Waals surface area contributed by atoms with Crippen LogP contribution in [-0.2, 0) is 4.79 Å². The SMILES string of the molecule is CN(C)CC(=O)N1CCC(C2=C3C=NC=C[N+]3(N)C(I)=N2)CC1. The predicted molar refractivity (Wildman–Crippen MR) is 98.4 cm³/mol. The Morgan fingerprint density at radius 3 is 2.83 bits per heavy atom. The van der Waals surface area contributed by atoms with Gasteiger partial charge in [0, 0.05) is 19.0 Å². The van der Waals surface area contributed by atoms with Crippen molar-refractivity contribution in [1.82, 2.24) is 9.80 Å². The minimum Gasteiger partial charge on any atom is -0.342 e. The van der Waals surface area contributed by atoms with E-state index in [9.17, 15) is 4.79 Å². The van der Waals surface area contributed by atoms with Gasteiger partial charge >= 0.3 is 0 Å². The number of amides is 1. The van der Waals surface area contributed by atoms with Crippen molar-refractivity contribution in [2.45, 2.75) is 12.8 Å². The fourth-order valence-electron chi connectivity index (χ4n) is 3.16. The van der Waals surface area contributed by atoms with Crippen LogP contribution in [0.2, 0.25) is 0 Å². The van der Waals surface area contributed by atoms with Crippen LogP contribution in [-0.4, -0.2) is 64.1 Å². The van der Waals surface area contributed by atoms with Crippen LogP contribution in [0.15, 0.2) is 33.8 Å². The van der Waals surface area contributed by atoms with Gasteiger partial charge in [0.2, 0.25) is 11.6 Å². The molecule has 0 aromatic carbocycles. The fraction of sp³-hybridized carbons (Fsp3) is 0.533. The second-order valence-corrected chi connectivity index (χ2v) is 7.36. The Labute approximate surface area is 149 Å². The molecule has 0 aromatic rings. The van der Waals surface area contributed by atoms with Crippen molar-refractivity contribution in [2.24, 2.45) is 21.7 Å². The number of hydrogen-bond donors (Lipinski definition) is 1. The summed E-state index contributed by atoms with van der Waals surface area (Å²) >= 11 is 2.20. The Morgan fingerprint density at radius 1 is 1.48 bits per heavy atom. The molecule has 8 heteroatoms. The molecule has 1 atom stereocenters. The van der Waals surface area contributed by atoms with Crippen LogP contribution >= 0.6 is 22.6 Å². The maximum Gasteiger partial charge on any atom is 0.293 e. The molecule has 1 saturated heterocycles. The van der Waals surface area contributed by atoms with Gasteiger partial charge in [-0.05, 0) is 26.9 Å². The van der Waals surface area contributed by atoms with Gasteiger partial charge in [-0.2, -0.15) is 10.8 Å². The smallest absolute Gasteiger partial charge is 0.293 e. The average molecular weight is 429 g/mol. The molecule has 3 aliphatic rings. The Hall–Kier alpha value is -1.10. The van der Waals surface area contributed by atoms with E-state index in [1.54, 1.807) is 6.20 Å². The normalized spacial score (nSPS) is 27.7. The Balaban J connectivity index is 1.71. The number of rotatable bonds is 3. The van der Waals surface area contributed by atoms with E-state index in [0.29, 0.717) is 12.5 Å². The lowest BCUT2D eigenvalue weighted by Crippen LogP contribution is -2.50. The summed E-state index contributed by atoms with van der Waals surface area (Å²) in [5.41, 5.74) is 1.99. The molecule has 1 unspecified atom stereocenters. The van der Waals surface area contributed by atoms with Crippen molar-refractivity contribution in [3.63, 3.8) is 0 Å². The summed E-state index contributed by atoms with van der Waals surface area (Å²) in [6, 6.07) is 0. The largest absolute Gasteiger partial charge is 0.342 e. The number of nitrogens with two attached hydrogens (primary N) is 1. The highest BCUT2D eigenvalue weighted by atomic mass is 127. The molecule has 3 heterocycles. The number of fused-ring (bicyclic) bond motifs is 1. The number of piperidine rings is 1. The summed E-state index contributed by atoms with van der Waals surface area (Å²) < 4.78 is 0.959. The molecular weight excluding hydrogens is 407 g/mol. The molecular formula is C15H22IN6O+. The van der Waals surface area contributed by atoms with E-state index >= 15 is 0 Å². The van der Waals surface area contributed by atoms with Crippen molar-refractivity contribution < 1.29 is 9.39 Å². The van der Waals surface area contributed by atoms with E-state index < -0.39 is 0 Å². The molecule has 0 bridgehead atoms. The topological polar surface area (TPSA) is 74.3 Å². The maximum atomic E-state index is 12.2. The maximum absolute atomic E-state index is 12.2. The highest BCUT2D eigenvalue weighted by molar-refractivity contribution is 14.1. The zero-order chi connectivity index (χ0) is 16.6. The molecule has 124 valence electrons. The summed E-state index contributed by atoms with van der Waals surface area (Å²) in [4.78, 5) is 25.0. The van der Waals surface area contributed by atoms with Crippen LogP contribution in [0.25, 0.3) is 0 Å². The van der Waals surface area contributed by atoms with E-state index in [4.69, 9.17) is 10.8 Å². The summed E-state index contributed by atoms with van der Waals surface area (Å²) in [5.74, 6) is 6.96. The van der Waals surface area contributed by atoms with E-state index in [2.05, 4.69) is 27.6 Å². The number of aliphatic imine (C=N–C) groups is 2. The molecule has 0 aliphatic carbocycles. The summed E-state index contributed by atoms with van der Waals surface area (Å²) in [6.07, 6.45) is 7.21. The van der Waals surface area contributed by atoms with Gasteiger partial charge in [-0.15, -0.1) is 4.59 Å². The lowest BCUT2D eigenvalue weighted by Gasteiger charge is -2.32. The van der Waals surface area contributed by atoms with E-state index in [-0.39, 0.29) is 10.5 Å². The minimum atomic E-state index is 0.124. The number of allylic oxidation sites excluding steroid dienone is 2. The monoisotopic (exact) mass is 429 g/mol. The molecule has 7 nitrogen and oxygen atoms in total. The molecule has 1 fully saturated rings. The number of amidine groups is 1. The Bertz CT molecular complexity index is 630. The quantitative estimate of drug-likeness (QED) is 0.316. The Kier molecular flexibility index (Phi) is 4.68. The number of likely N-dealkylation sites (tertiary alicyclic amines) is 1. The molecule has 0 aromatic heterocycles. The van der Waals surface area contributed by atoms with Gasteiger partial charge in [0.25, 0.3) is 3.84 Å². The molecule has 0 spiro atoms. The van der Waals surface area contributed by atoms with Crippen molar-refractivity contribution in [3.8, 4) is 0 Å². The Morgan fingerprint density at radius 2 is 2.17 bits per heavy atom. The van der Waals surface area contributed by atoms with Gasteiger partial charge in [0.15, 0.2) is 0 Å². The lowest BCUT2D eigenvalue weighted by atomic mass is 9.92. The van der Waals surface area contributed by atoms with Crippen LogP contribution in [0.1, 0.15) is 12.8 Å². The van der Waals surface area contributed by atoms with E-state index in [0.717, 1.165) is 41.2 Å². The summed E-state index contributed by atoms with van der Waals surface area (Å²) in [6.45, 7) is 2.02. The van der Waals surface area contributed by atoms with Crippen molar-refractivity contribution in [3.05, 3.63) is 23.8 Å². The fourth-order valence-corrected chi connectivity index (χ4v) is 3.84. The van der Waals surface area contributed by atoms with Crippen LogP contribution < -0.4 is 5.84 Å². The number of carbonyl (C=O) groups excluding carboxylic acids is 1. The molecule has 3 aliphatic heterocycles. The zero-order valence-corrected chi connectivity index (χ0v) is 15.6. The van der Waals surface area contributed by atoms with E-state index in [1.165, 1.54) is 0 Å². The van der Waals surface area contributed by atoms with E-state index in [1.807, 2.05) is 36.3 Å². The second kappa shape index (κ2) is 6.42. The molecule has 1 amide bonds. The van der Waals surface area contributed by atoms with Gasteiger partial charge in [-0.1, -0.05) is 0 Å². The van der Waals surface area contributed by atoms with Crippen LogP contribution in [0.3, 0.4) is 0 Å². The first kappa shape index (κ1) is 16.7. The van der Waals surface area contributed by atoms with Crippen molar-refractivity contribution >= 4 is 38.6 Å². The third-order valence-electron chi connectivity index (χ3n) is 4.45. The number of halogens is 1. The van der Waals surface area contributed by atoms with Crippen LogP contribution in [0.5, 0.6) is 0 Å². The number of carbonyl (C=O) groups is 1. The standard InChI is InChI=1S/C15H22IN6O/c1-20(2)10-13(23)21-6-3-11(4-7-21)14-12-9-18-5-8-22(12,17)15(16)19-14/h5,8-9,11H,3-4,6-7,10,17H2,1-2H3/q+1. The molecule has 0 saturated carbocycles. The predicted octanol–water partition coefficient (Wildman–Crippen LogP) is 1.05. The zero-order valence-electron chi connectivity index (χ0n) is 13.4. The lowest BCUT2D eigenvalue weighted by molar-refractivity contribution is -0.745. The van der Waals surface area contributed by atoms with Gasteiger partial charge in [0.05, 0.1) is 41.6 Å². The summed E-state index contributed by atoms with van der Waals surface area (Å²) in [7, 11) is 3.84. The number of quaternary nitrogens is 1. The van der Waals surface area contributed by atoms with Gasteiger partial charge in [-0.3, -0.25) is 9.79 Å². The first-order valence-corrected chi connectivity index (χ1v) is 8.80. The first-order valence-electron chi connectivity index (χ1n) is 7.72. The molecule has 0 radical (unpaired) electrons. The van der Waals surface area contributed by atoms with Crippen molar-refractivity contribution in [2.75, 3.05) is 33.7 Å². The number of likely N-dealkylation sites (N-methyl/N-ethyl adjacent to an activating group) is 1. The third-order valence-corrected chi connectivity index (χ3v) is 5.49. The minimum absolute atomic E-state index is 0.124. The summed E-state index contributed by atoms with van der Waals surface area (Å²) in [5, 5.41) is 0. The highest BCUT2D eigenvalue weighted by Gasteiger charge is 2.44. The molecule has 23 heavy (non-hydrogen) atoms. The number of nitrogens with zero attached hydrogens (tertiary/aromatic N) is 5. The highest BCUT2D eigenvalue weighted by Crippen LogP contribution is 2.37. The molecule has 2 N–H and O–H groups in total. The van der Waals surface area contributed by atoms with Gasteiger partial charge in [0.1, 0.15) is 11.9 Å². The van der Waals surface area contributed by atoms with Gasteiger partial charge in [-0.25, -0.2) is 0 Å². The second-order valence-electron chi connectivity index (χ2n) is 6.40. The third kappa shape index (κ3) is 3.12. The van der Waals surface area contributed by atoms with Crippen LogP contribution in [0, 0.1) is 5.92 Å². The number of hydrogen-bond acceptors (Lipinski definition) is 5.